The zero-order chi connectivity index (χ0) is 16.6. The number of imidazole rings is 1. The predicted molar refractivity (Wildman–Crippen MR) is 89.4 cm³/mol. The fourth-order valence-electron chi connectivity index (χ4n) is 4.03. The lowest BCUT2D eigenvalue weighted by Gasteiger charge is -2.43. The molecule has 2 aromatic rings. The topological polar surface area (TPSA) is 36.3 Å². The summed E-state index contributed by atoms with van der Waals surface area (Å²) in [5.41, 5.74) is 1.85. The van der Waals surface area contributed by atoms with Gasteiger partial charge in [-0.2, -0.15) is 0 Å². The minimum absolute atomic E-state index is 0.0550. The van der Waals surface area contributed by atoms with E-state index < -0.39 is 0 Å². The Morgan fingerprint density at radius 2 is 2.08 bits per heavy atom. The van der Waals surface area contributed by atoms with Gasteiger partial charge in [-0.25, -0.2) is 9.37 Å². The number of rotatable bonds is 2. The molecular weight excluding hydrogens is 307 g/mol. The van der Waals surface area contributed by atoms with Crippen LogP contribution in [0.25, 0.3) is 11.4 Å². The van der Waals surface area contributed by atoms with E-state index in [4.69, 9.17) is 9.47 Å². The molecule has 1 unspecified atom stereocenters. The van der Waals surface area contributed by atoms with Gasteiger partial charge in [-0.05, 0) is 56.4 Å². The van der Waals surface area contributed by atoms with Crippen molar-refractivity contribution in [3.8, 4) is 11.4 Å². The minimum Gasteiger partial charge on any atom is -0.381 e. The maximum absolute atomic E-state index is 13.4. The normalized spacial score (nSPS) is 23.5. The van der Waals surface area contributed by atoms with Crippen LogP contribution in [0.15, 0.2) is 30.6 Å². The van der Waals surface area contributed by atoms with E-state index in [2.05, 4.69) is 9.55 Å². The lowest BCUT2D eigenvalue weighted by molar-refractivity contribution is -0.144. The average Bonchev–Trinajstić information content (AvgIpc) is 3.05. The molecule has 128 valence electrons. The Bertz CT molecular complexity index is 716. The number of aryl methyl sites for hydroxylation is 1. The van der Waals surface area contributed by atoms with Gasteiger partial charge in [0.15, 0.2) is 0 Å². The number of aromatic nitrogens is 2. The Morgan fingerprint density at radius 1 is 1.25 bits per heavy atom. The van der Waals surface area contributed by atoms with Crippen LogP contribution in [-0.4, -0.2) is 35.0 Å². The molecule has 0 amide bonds. The van der Waals surface area contributed by atoms with E-state index in [1.807, 2.05) is 25.4 Å². The zero-order valence-corrected chi connectivity index (χ0v) is 14.0. The number of hydrogen-bond donors (Lipinski definition) is 0. The summed E-state index contributed by atoms with van der Waals surface area (Å²) in [5, 5.41) is 0. The third kappa shape index (κ3) is 2.87. The molecule has 0 radical (unpaired) electrons. The Morgan fingerprint density at radius 3 is 2.88 bits per heavy atom. The fourth-order valence-corrected chi connectivity index (χ4v) is 4.03. The van der Waals surface area contributed by atoms with Crippen molar-refractivity contribution in [3.05, 3.63) is 42.0 Å². The van der Waals surface area contributed by atoms with E-state index >= 15 is 0 Å². The Hall–Kier alpha value is -1.72. The van der Waals surface area contributed by atoms with Gasteiger partial charge in [0, 0.05) is 43.8 Å². The van der Waals surface area contributed by atoms with Gasteiger partial charge < -0.3 is 14.0 Å². The first-order chi connectivity index (χ1) is 11.7. The molecule has 2 fully saturated rings. The first kappa shape index (κ1) is 15.8. The molecule has 2 aliphatic heterocycles. The monoisotopic (exact) mass is 330 g/mol. The molecule has 5 heteroatoms. The summed E-state index contributed by atoms with van der Waals surface area (Å²) >= 11 is 0. The van der Waals surface area contributed by atoms with Crippen molar-refractivity contribution in [1.29, 1.82) is 0 Å². The smallest absolute Gasteiger partial charge is 0.140 e. The van der Waals surface area contributed by atoms with Crippen LogP contribution in [0.2, 0.25) is 0 Å². The van der Waals surface area contributed by atoms with Gasteiger partial charge in [-0.3, -0.25) is 0 Å². The Labute approximate surface area is 141 Å². The van der Waals surface area contributed by atoms with E-state index in [1.165, 1.54) is 6.07 Å². The van der Waals surface area contributed by atoms with Crippen molar-refractivity contribution in [2.45, 2.75) is 44.2 Å². The second-order valence-electron chi connectivity index (χ2n) is 6.91. The molecule has 0 bridgehead atoms. The molecule has 4 nitrogen and oxygen atoms in total. The van der Waals surface area contributed by atoms with Crippen molar-refractivity contribution in [1.82, 2.24) is 9.55 Å². The van der Waals surface area contributed by atoms with Crippen LogP contribution >= 0.6 is 0 Å². The van der Waals surface area contributed by atoms with Crippen LogP contribution in [-0.2, 0) is 9.47 Å². The lowest BCUT2D eigenvalue weighted by atomic mass is 9.84. The van der Waals surface area contributed by atoms with E-state index in [1.54, 1.807) is 6.07 Å². The van der Waals surface area contributed by atoms with Gasteiger partial charge >= 0.3 is 0 Å². The summed E-state index contributed by atoms with van der Waals surface area (Å²) in [5.74, 6) is 0.711. The summed E-state index contributed by atoms with van der Waals surface area (Å²) in [4.78, 5) is 4.56. The summed E-state index contributed by atoms with van der Waals surface area (Å²) in [7, 11) is 0. The number of halogens is 1. The Balaban J connectivity index is 1.64. The number of benzene rings is 1. The van der Waals surface area contributed by atoms with Crippen molar-refractivity contribution < 1.29 is 13.9 Å². The summed E-state index contributed by atoms with van der Waals surface area (Å²) < 4.78 is 27.3. The van der Waals surface area contributed by atoms with Crippen molar-refractivity contribution in [2.24, 2.45) is 0 Å². The number of nitrogens with zero attached hydrogens (tertiary/aromatic N) is 2. The van der Waals surface area contributed by atoms with E-state index in [0.717, 1.165) is 62.5 Å². The lowest BCUT2D eigenvalue weighted by Crippen LogP contribution is -2.44. The molecule has 1 spiro atoms. The molecule has 24 heavy (non-hydrogen) atoms. The summed E-state index contributed by atoms with van der Waals surface area (Å²) in [6.07, 6.45) is 7.77. The van der Waals surface area contributed by atoms with E-state index in [0.29, 0.717) is 6.04 Å². The van der Waals surface area contributed by atoms with Crippen LogP contribution in [0.5, 0.6) is 0 Å². The van der Waals surface area contributed by atoms with Gasteiger partial charge in [0.25, 0.3) is 0 Å². The van der Waals surface area contributed by atoms with E-state index in [9.17, 15) is 4.39 Å². The van der Waals surface area contributed by atoms with E-state index in [-0.39, 0.29) is 11.4 Å². The van der Waals surface area contributed by atoms with Gasteiger partial charge in [-0.1, -0.05) is 0 Å². The van der Waals surface area contributed by atoms with Gasteiger partial charge in [0.2, 0.25) is 0 Å². The standard InChI is InChI=1S/C19H23FN2O2/c1-14-12-15(20)2-3-17(14)18-21-7-8-22(18)16-4-9-24-19(13-16)5-10-23-11-6-19/h2-3,7-8,12,16H,4-6,9-11,13H2,1H3. The quantitative estimate of drug-likeness (QED) is 0.838. The fraction of sp³-hybridized carbons (Fsp3) is 0.526. The zero-order valence-electron chi connectivity index (χ0n) is 14.0. The molecule has 0 aliphatic carbocycles. The molecule has 0 saturated carbocycles. The van der Waals surface area contributed by atoms with Crippen LogP contribution in [0.4, 0.5) is 4.39 Å². The van der Waals surface area contributed by atoms with Crippen LogP contribution in [0.1, 0.15) is 37.3 Å². The molecule has 1 aromatic heterocycles. The van der Waals surface area contributed by atoms with Crippen LogP contribution in [0.3, 0.4) is 0 Å². The maximum atomic E-state index is 13.4. The third-order valence-corrected chi connectivity index (χ3v) is 5.36. The second-order valence-corrected chi connectivity index (χ2v) is 6.91. The first-order valence-electron chi connectivity index (χ1n) is 8.68. The molecule has 1 atom stereocenters. The minimum atomic E-state index is -0.207. The van der Waals surface area contributed by atoms with Crippen LogP contribution < -0.4 is 0 Å². The predicted octanol–water partition coefficient (Wildman–Crippen LogP) is 3.90. The van der Waals surface area contributed by atoms with Gasteiger partial charge in [-0.15, -0.1) is 0 Å². The van der Waals surface area contributed by atoms with Gasteiger partial charge in [0.1, 0.15) is 11.6 Å². The molecule has 3 heterocycles. The highest BCUT2D eigenvalue weighted by Crippen LogP contribution is 2.40. The highest BCUT2D eigenvalue weighted by molar-refractivity contribution is 5.60. The Kier molecular flexibility index (Phi) is 4.14. The number of ether oxygens (including phenoxy) is 2. The molecule has 0 N–H and O–H groups in total. The van der Waals surface area contributed by atoms with Crippen molar-refractivity contribution >= 4 is 0 Å². The second kappa shape index (κ2) is 6.30. The highest BCUT2D eigenvalue weighted by atomic mass is 19.1. The molecule has 1 aromatic carbocycles. The van der Waals surface area contributed by atoms with Crippen LogP contribution in [0, 0.1) is 12.7 Å². The SMILES string of the molecule is Cc1cc(F)ccc1-c1nccn1C1CCOC2(CCOCC2)C1. The maximum Gasteiger partial charge on any atom is 0.140 e. The van der Waals surface area contributed by atoms with Gasteiger partial charge in [0.05, 0.1) is 5.60 Å². The molecule has 2 aliphatic rings. The summed E-state index contributed by atoms with van der Waals surface area (Å²) in [6, 6.07) is 5.26. The molecular formula is C19H23FN2O2. The first-order valence-corrected chi connectivity index (χ1v) is 8.68. The van der Waals surface area contributed by atoms with Crippen molar-refractivity contribution in [3.63, 3.8) is 0 Å². The summed E-state index contributed by atoms with van der Waals surface area (Å²) in [6.45, 7) is 4.26. The molecule has 2 saturated heterocycles. The highest BCUT2D eigenvalue weighted by Gasteiger charge is 2.40. The number of hydrogen-bond acceptors (Lipinski definition) is 3. The third-order valence-electron chi connectivity index (χ3n) is 5.36. The largest absolute Gasteiger partial charge is 0.381 e. The molecule has 4 rings (SSSR count). The average molecular weight is 330 g/mol. The van der Waals surface area contributed by atoms with Crippen molar-refractivity contribution in [2.75, 3.05) is 19.8 Å².